The van der Waals surface area contributed by atoms with Gasteiger partial charge in [-0.2, -0.15) is 0 Å². The van der Waals surface area contributed by atoms with Crippen molar-refractivity contribution < 1.29 is 19.7 Å². The fourth-order valence-electron chi connectivity index (χ4n) is 5.12. The Bertz CT molecular complexity index is 352. The Balaban J connectivity index is 1.95. The minimum atomic E-state index is -0.476. The van der Waals surface area contributed by atoms with E-state index in [1.165, 1.54) is 0 Å². The maximum Gasteiger partial charge on any atom is 0.174 e. The summed E-state index contributed by atoms with van der Waals surface area (Å²) in [6.45, 7) is 5.93. The summed E-state index contributed by atoms with van der Waals surface area (Å²) in [5.41, 5.74) is -0.0995. The van der Waals surface area contributed by atoms with Crippen LogP contribution >= 0.6 is 0 Å². The highest BCUT2D eigenvalue weighted by Crippen LogP contribution is 2.61. The summed E-state index contributed by atoms with van der Waals surface area (Å²) in [5.74, 6) is 0.468. The third-order valence-electron chi connectivity index (χ3n) is 6.27. The molecule has 1 aliphatic heterocycles. The molecule has 3 aliphatic rings. The van der Waals surface area contributed by atoms with Gasteiger partial charge in [0.25, 0.3) is 0 Å². The van der Waals surface area contributed by atoms with Crippen molar-refractivity contribution in [2.75, 3.05) is 19.8 Å². The third kappa shape index (κ3) is 2.04. The monoisotopic (exact) mass is 284 g/mol. The molecular weight excluding hydrogens is 256 g/mol. The Hall–Kier alpha value is -0.160. The first-order chi connectivity index (χ1) is 9.52. The number of hydrogen-bond donors (Lipinski definition) is 2. The van der Waals surface area contributed by atoms with Crippen LogP contribution in [0, 0.1) is 23.2 Å². The molecule has 1 spiro atoms. The van der Waals surface area contributed by atoms with E-state index in [1.807, 2.05) is 0 Å². The second-order valence-corrected chi connectivity index (χ2v) is 7.28. The van der Waals surface area contributed by atoms with E-state index >= 15 is 0 Å². The van der Waals surface area contributed by atoms with E-state index in [-0.39, 0.29) is 30.0 Å². The molecule has 4 heteroatoms. The highest BCUT2D eigenvalue weighted by molar-refractivity contribution is 5.06. The number of rotatable bonds is 1. The van der Waals surface area contributed by atoms with E-state index < -0.39 is 5.79 Å². The smallest absolute Gasteiger partial charge is 0.174 e. The average molecular weight is 284 g/mol. The molecule has 5 atom stereocenters. The van der Waals surface area contributed by atoms with E-state index in [4.69, 9.17) is 9.47 Å². The van der Waals surface area contributed by atoms with Gasteiger partial charge in [-0.1, -0.05) is 13.8 Å². The molecule has 0 amide bonds. The van der Waals surface area contributed by atoms with Crippen LogP contribution in [-0.4, -0.2) is 41.9 Å². The zero-order valence-corrected chi connectivity index (χ0v) is 12.7. The molecule has 0 unspecified atom stereocenters. The van der Waals surface area contributed by atoms with Crippen LogP contribution in [0.25, 0.3) is 0 Å². The summed E-state index contributed by atoms with van der Waals surface area (Å²) in [7, 11) is 0. The predicted octanol–water partition coefficient (Wildman–Crippen LogP) is 1.94. The van der Waals surface area contributed by atoms with E-state index in [9.17, 15) is 10.2 Å². The summed E-state index contributed by atoms with van der Waals surface area (Å²) in [6, 6.07) is 0. The van der Waals surface area contributed by atoms with Crippen molar-refractivity contribution in [1.29, 1.82) is 0 Å². The van der Waals surface area contributed by atoms with E-state index in [0.29, 0.717) is 19.1 Å². The van der Waals surface area contributed by atoms with Gasteiger partial charge in [-0.3, -0.25) is 0 Å². The van der Waals surface area contributed by atoms with Crippen LogP contribution in [0.4, 0.5) is 0 Å². The summed E-state index contributed by atoms with van der Waals surface area (Å²) in [4.78, 5) is 0. The Labute approximate surface area is 121 Å². The average Bonchev–Trinajstić information content (AvgIpc) is 2.99. The summed E-state index contributed by atoms with van der Waals surface area (Å²) in [5, 5.41) is 20.1. The Kier molecular flexibility index (Phi) is 3.87. The SMILES string of the molecule is C[C@@H]1C[C@]2(C)[C@H](CCC23OCCO3)[C@@H](CO)CC[C@H]1O. The first-order valence-electron chi connectivity index (χ1n) is 8.09. The van der Waals surface area contributed by atoms with Crippen LogP contribution in [0.2, 0.25) is 0 Å². The lowest BCUT2D eigenvalue weighted by Crippen LogP contribution is -2.50. The molecule has 0 aromatic rings. The van der Waals surface area contributed by atoms with Crippen molar-refractivity contribution in [1.82, 2.24) is 0 Å². The minimum Gasteiger partial charge on any atom is -0.396 e. The maximum absolute atomic E-state index is 10.3. The molecule has 3 fully saturated rings. The summed E-state index contributed by atoms with van der Waals surface area (Å²) >= 11 is 0. The van der Waals surface area contributed by atoms with Crippen molar-refractivity contribution in [2.24, 2.45) is 23.2 Å². The quantitative estimate of drug-likeness (QED) is 0.772. The first kappa shape index (κ1) is 14.8. The van der Waals surface area contributed by atoms with Gasteiger partial charge in [0, 0.05) is 18.4 Å². The summed E-state index contributed by atoms with van der Waals surface area (Å²) in [6.07, 6.45) is 4.32. The lowest BCUT2D eigenvalue weighted by Gasteiger charge is -2.48. The van der Waals surface area contributed by atoms with E-state index in [1.54, 1.807) is 0 Å². The topological polar surface area (TPSA) is 58.9 Å². The molecule has 1 saturated heterocycles. The molecule has 0 bridgehead atoms. The largest absolute Gasteiger partial charge is 0.396 e. The normalized spacial score (nSPS) is 48.0. The highest BCUT2D eigenvalue weighted by Gasteiger charge is 2.63. The molecular formula is C16H28O4. The molecule has 2 saturated carbocycles. The zero-order valence-electron chi connectivity index (χ0n) is 12.7. The van der Waals surface area contributed by atoms with Gasteiger partial charge in [-0.25, -0.2) is 0 Å². The first-order valence-corrected chi connectivity index (χ1v) is 8.09. The van der Waals surface area contributed by atoms with E-state index in [2.05, 4.69) is 13.8 Å². The third-order valence-corrected chi connectivity index (χ3v) is 6.27. The van der Waals surface area contributed by atoms with Gasteiger partial charge >= 0.3 is 0 Å². The second-order valence-electron chi connectivity index (χ2n) is 7.28. The molecule has 20 heavy (non-hydrogen) atoms. The Morgan fingerprint density at radius 1 is 1.15 bits per heavy atom. The van der Waals surface area contributed by atoms with Gasteiger partial charge in [-0.05, 0) is 43.4 Å². The molecule has 116 valence electrons. The highest BCUT2D eigenvalue weighted by atomic mass is 16.7. The molecule has 0 aromatic carbocycles. The second kappa shape index (κ2) is 5.24. The lowest BCUT2D eigenvalue weighted by atomic mass is 9.63. The molecule has 2 N–H and O–H groups in total. The van der Waals surface area contributed by atoms with Crippen LogP contribution in [0.3, 0.4) is 0 Å². The molecule has 2 aliphatic carbocycles. The number of ether oxygens (including phenoxy) is 2. The fourth-order valence-corrected chi connectivity index (χ4v) is 5.12. The Morgan fingerprint density at radius 3 is 2.50 bits per heavy atom. The molecule has 1 heterocycles. The maximum atomic E-state index is 10.3. The van der Waals surface area contributed by atoms with Crippen LogP contribution in [0.1, 0.15) is 46.0 Å². The summed E-state index contributed by atoms with van der Waals surface area (Å²) < 4.78 is 12.1. The van der Waals surface area contributed by atoms with Gasteiger partial charge in [-0.15, -0.1) is 0 Å². The standard InChI is InChI=1S/C16H28O4/c1-11-9-15(2)13(12(10-17)3-4-14(11)18)5-6-16(15)19-7-8-20-16/h11-14,17-18H,3-10H2,1-2H3/t11-,12-,13-,14-,15-/m1/s1. The number of hydrogen-bond acceptors (Lipinski definition) is 4. The van der Waals surface area contributed by atoms with Gasteiger partial charge in [0.1, 0.15) is 0 Å². The van der Waals surface area contributed by atoms with Crippen LogP contribution in [0.5, 0.6) is 0 Å². The predicted molar refractivity (Wildman–Crippen MR) is 75.1 cm³/mol. The molecule has 0 radical (unpaired) electrons. The van der Waals surface area contributed by atoms with Crippen molar-refractivity contribution >= 4 is 0 Å². The van der Waals surface area contributed by atoms with Gasteiger partial charge in [0.15, 0.2) is 5.79 Å². The van der Waals surface area contributed by atoms with Gasteiger partial charge in [0.2, 0.25) is 0 Å². The number of fused-ring (bicyclic) bond motifs is 2. The van der Waals surface area contributed by atoms with Crippen LogP contribution in [-0.2, 0) is 9.47 Å². The number of aliphatic hydroxyl groups is 2. The van der Waals surface area contributed by atoms with Gasteiger partial charge in [0.05, 0.1) is 19.3 Å². The molecule has 0 aromatic heterocycles. The van der Waals surface area contributed by atoms with E-state index in [0.717, 1.165) is 32.1 Å². The van der Waals surface area contributed by atoms with Crippen LogP contribution in [0.15, 0.2) is 0 Å². The lowest BCUT2D eigenvalue weighted by molar-refractivity contribution is -0.237. The molecule has 3 rings (SSSR count). The van der Waals surface area contributed by atoms with Crippen molar-refractivity contribution in [3.8, 4) is 0 Å². The van der Waals surface area contributed by atoms with Crippen molar-refractivity contribution in [3.05, 3.63) is 0 Å². The van der Waals surface area contributed by atoms with Gasteiger partial charge < -0.3 is 19.7 Å². The van der Waals surface area contributed by atoms with Crippen LogP contribution < -0.4 is 0 Å². The minimum absolute atomic E-state index is 0.0995. The number of aliphatic hydroxyl groups excluding tert-OH is 2. The molecule has 4 nitrogen and oxygen atoms in total. The zero-order chi connectivity index (χ0) is 14.4. The van der Waals surface area contributed by atoms with Crippen molar-refractivity contribution in [2.45, 2.75) is 57.8 Å². The van der Waals surface area contributed by atoms with Crippen molar-refractivity contribution in [3.63, 3.8) is 0 Å². The Morgan fingerprint density at radius 2 is 1.85 bits per heavy atom. The fraction of sp³-hybridized carbons (Fsp3) is 1.00.